The van der Waals surface area contributed by atoms with Crippen molar-refractivity contribution >= 4 is 46.5 Å². The molecule has 0 N–H and O–H groups in total. The number of alkyl halides is 9. The summed E-state index contributed by atoms with van der Waals surface area (Å²) in [5, 5.41) is -0.226. The van der Waals surface area contributed by atoms with Crippen molar-refractivity contribution in [2.75, 3.05) is 18.8 Å². The molecule has 1 aromatic rings. The predicted octanol–water partition coefficient (Wildman–Crippen LogP) is 8.20. The van der Waals surface area contributed by atoms with Crippen LogP contribution in [0.2, 0.25) is 10.0 Å². The van der Waals surface area contributed by atoms with Crippen molar-refractivity contribution in [3.63, 3.8) is 0 Å². The fourth-order valence-electron chi connectivity index (χ4n) is 3.95. The summed E-state index contributed by atoms with van der Waals surface area (Å²) in [5.74, 6) is -3.02. The zero-order valence-electron chi connectivity index (χ0n) is 24.1. The van der Waals surface area contributed by atoms with Crippen LogP contribution >= 0.6 is 23.2 Å². The van der Waals surface area contributed by atoms with Gasteiger partial charge in [-0.3, -0.25) is 5.01 Å². The van der Waals surface area contributed by atoms with Gasteiger partial charge in [0.05, 0.1) is 32.5 Å². The average Bonchev–Trinajstić information content (AvgIpc) is 3.06. The van der Waals surface area contributed by atoms with Crippen molar-refractivity contribution in [3.8, 4) is 0 Å². The van der Waals surface area contributed by atoms with Crippen LogP contribution < -0.4 is 5.01 Å². The van der Waals surface area contributed by atoms with Crippen molar-refractivity contribution in [2.24, 2.45) is 9.98 Å². The minimum atomic E-state index is -5.56. The van der Waals surface area contributed by atoms with Crippen LogP contribution in [0.25, 0.3) is 0 Å². The Balaban J connectivity index is 2.47. The Morgan fingerprint density at radius 2 is 1.41 bits per heavy atom. The maximum atomic E-state index is 14.5. The van der Waals surface area contributed by atoms with E-state index >= 15 is 0 Å². The zero-order chi connectivity index (χ0) is 34.0. The summed E-state index contributed by atoms with van der Waals surface area (Å²) in [6.45, 7) is 8.04. The molecule has 1 amide bonds. The number of rotatable bonds is 4. The highest BCUT2D eigenvalue weighted by molar-refractivity contribution is 6.39. The summed E-state index contributed by atoms with van der Waals surface area (Å²) in [5.41, 5.74) is -7.41. The molecule has 1 aromatic carbocycles. The third-order valence-corrected chi connectivity index (χ3v) is 6.24. The SMILES string of the molecule is CN1C2N=C(C(F)(F)F)N=C(C(F)(F)F)C2=C(N(COC(C)(C)C)C(=O)OC(C)(C)C)N1c1c(Cl)cc(C(F)(F)F)cc1Cl. The van der Waals surface area contributed by atoms with Gasteiger partial charge in [0.15, 0.2) is 11.9 Å². The minimum absolute atomic E-state index is 0.410. The molecule has 1 atom stereocenters. The number of fused-ring (bicyclic) bond motifs is 1. The molecular formula is C25H26Cl2F9N5O3. The molecule has 2 aliphatic rings. The van der Waals surface area contributed by atoms with Crippen LogP contribution in [0, 0.1) is 0 Å². The van der Waals surface area contributed by atoms with Crippen LogP contribution in [0.5, 0.6) is 0 Å². The Morgan fingerprint density at radius 1 is 0.886 bits per heavy atom. The van der Waals surface area contributed by atoms with E-state index in [9.17, 15) is 44.3 Å². The third-order valence-electron chi connectivity index (χ3n) is 5.66. The number of carbonyl (C=O) groups is 1. The molecule has 2 aliphatic heterocycles. The van der Waals surface area contributed by atoms with Gasteiger partial charge in [-0.25, -0.2) is 19.7 Å². The summed E-state index contributed by atoms with van der Waals surface area (Å²) in [4.78, 5) is 20.2. The number of nitrogens with zero attached hydrogens (tertiary/aromatic N) is 5. The Kier molecular flexibility index (Phi) is 9.38. The number of benzene rings is 1. The highest BCUT2D eigenvalue weighted by Crippen LogP contribution is 2.48. The number of amidine groups is 1. The lowest BCUT2D eigenvalue weighted by Crippen LogP contribution is -2.47. The molecule has 0 radical (unpaired) electrons. The van der Waals surface area contributed by atoms with E-state index in [0.29, 0.717) is 27.1 Å². The first kappa shape index (κ1) is 35.7. The number of amides is 1. The first-order chi connectivity index (χ1) is 19.6. The van der Waals surface area contributed by atoms with Gasteiger partial charge in [0.2, 0.25) is 5.84 Å². The molecule has 1 unspecified atom stereocenters. The molecule has 8 nitrogen and oxygen atoms in total. The molecule has 0 aromatic heterocycles. The molecule has 0 saturated carbocycles. The molecule has 0 spiro atoms. The minimum Gasteiger partial charge on any atom is -0.443 e. The van der Waals surface area contributed by atoms with Crippen LogP contribution in [0.1, 0.15) is 47.1 Å². The number of hydrogen-bond donors (Lipinski definition) is 0. The van der Waals surface area contributed by atoms with Crippen LogP contribution in [0.15, 0.2) is 33.5 Å². The monoisotopic (exact) mass is 685 g/mol. The van der Waals surface area contributed by atoms with Crippen LogP contribution in [-0.2, 0) is 15.7 Å². The Hall–Kier alpha value is -2.76. The smallest absolute Gasteiger partial charge is 0.443 e. The van der Waals surface area contributed by atoms with Gasteiger partial charge in [-0.1, -0.05) is 23.2 Å². The number of likely N-dealkylation sites (N-methyl/N-ethyl adjacent to an activating group) is 1. The lowest BCUT2D eigenvalue weighted by Gasteiger charge is -2.37. The van der Waals surface area contributed by atoms with Crippen molar-refractivity contribution < 1.29 is 53.8 Å². The zero-order valence-corrected chi connectivity index (χ0v) is 25.6. The first-order valence-electron chi connectivity index (χ1n) is 12.4. The number of ether oxygens (including phenoxy) is 2. The number of carbonyl (C=O) groups excluding carboxylic acids is 1. The fraction of sp³-hybridized carbons (Fsp3) is 0.560. The highest BCUT2D eigenvalue weighted by Gasteiger charge is 2.56. The fourth-order valence-corrected chi connectivity index (χ4v) is 4.59. The molecule has 44 heavy (non-hydrogen) atoms. The van der Waals surface area contributed by atoms with Gasteiger partial charge >= 0.3 is 24.6 Å². The van der Waals surface area contributed by atoms with Gasteiger partial charge in [0, 0.05) is 7.05 Å². The number of hydrazine groups is 1. The molecule has 0 fully saturated rings. The summed E-state index contributed by atoms with van der Waals surface area (Å²) < 4.78 is 136. The van der Waals surface area contributed by atoms with Gasteiger partial charge < -0.3 is 9.47 Å². The van der Waals surface area contributed by atoms with E-state index in [0.717, 1.165) is 7.05 Å². The number of aliphatic imine (C=N–C) groups is 2. The Bertz CT molecular complexity index is 1390. The van der Waals surface area contributed by atoms with Gasteiger partial charge in [0.25, 0.3) is 0 Å². The number of anilines is 1. The molecular weight excluding hydrogens is 660 g/mol. The van der Waals surface area contributed by atoms with E-state index in [2.05, 4.69) is 9.98 Å². The predicted molar refractivity (Wildman–Crippen MR) is 143 cm³/mol. The van der Waals surface area contributed by atoms with E-state index in [1.807, 2.05) is 0 Å². The lowest BCUT2D eigenvalue weighted by molar-refractivity contribution is -0.137. The summed E-state index contributed by atoms with van der Waals surface area (Å²) >= 11 is 12.4. The van der Waals surface area contributed by atoms with Crippen LogP contribution in [-0.4, -0.2) is 71.0 Å². The Morgan fingerprint density at radius 3 is 1.82 bits per heavy atom. The molecule has 0 bridgehead atoms. The number of halogens is 11. The molecule has 0 saturated heterocycles. The maximum absolute atomic E-state index is 14.5. The van der Waals surface area contributed by atoms with Crippen LogP contribution in [0.3, 0.4) is 0 Å². The molecule has 246 valence electrons. The van der Waals surface area contributed by atoms with Crippen molar-refractivity contribution in [3.05, 3.63) is 39.1 Å². The summed E-state index contributed by atoms with van der Waals surface area (Å²) in [7, 11) is 0.969. The van der Waals surface area contributed by atoms with Gasteiger partial charge in [0.1, 0.15) is 18.2 Å². The molecule has 19 heteroatoms. The van der Waals surface area contributed by atoms with Gasteiger partial charge in [-0.15, -0.1) is 0 Å². The topological polar surface area (TPSA) is 70.0 Å². The van der Waals surface area contributed by atoms with Crippen molar-refractivity contribution in [1.29, 1.82) is 0 Å². The van der Waals surface area contributed by atoms with E-state index in [-0.39, 0.29) is 0 Å². The maximum Gasteiger partial charge on any atom is 0.451 e. The van der Waals surface area contributed by atoms with E-state index in [1.165, 1.54) is 41.5 Å². The second-order valence-corrected chi connectivity index (χ2v) is 12.3. The van der Waals surface area contributed by atoms with E-state index in [4.69, 9.17) is 32.7 Å². The number of hydrogen-bond acceptors (Lipinski definition) is 7. The third kappa shape index (κ3) is 7.72. The lowest BCUT2D eigenvalue weighted by atomic mass is 10.1. The Labute approximate surface area is 255 Å². The molecule has 0 aliphatic carbocycles. The molecule has 3 rings (SSSR count). The summed E-state index contributed by atoms with van der Waals surface area (Å²) in [6.07, 6.45) is -19.5. The van der Waals surface area contributed by atoms with Crippen molar-refractivity contribution in [1.82, 2.24) is 9.91 Å². The van der Waals surface area contributed by atoms with Gasteiger partial charge in [-0.2, -0.15) is 44.5 Å². The standard InChI is InChI=1S/C25H26Cl2F9N5O3/c1-21(2,3)43-10-40(20(42)44-22(4,5)6)18-14-16(24(31,32)33)37-19(25(34,35)36)38-17(14)39(7)41(18)15-12(26)8-11(9-13(15)27)23(28,29)30/h8-9,17H,10H2,1-7H3. The normalized spacial score (nSPS) is 18.8. The van der Waals surface area contributed by atoms with Crippen LogP contribution in [0.4, 0.5) is 50.0 Å². The van der Waals surface area contributed by atoms with E-state index in [1.54, 1.807) is 0 Å². The average molecular weight is 686 g/mol. The van der Waals surface area contributed by atoms with Gasteiger partial charge in [-0.05, 0) is 53.7 Å². The highest BCUT2D eigenvalue weighted by atomic mass is 35.5. The molecule has 2 heterocycles. The van der Waals surface area contributed by atoms with Crippen molar-refractivity contribution in [2.45, 2.75) is 77.4 Å². The summed E-state index contributed by atoms with van der Waals surface area (Å²) in [6, 6.07) is 0.820. The largest absolute Gasteiger partial charge is 0.451 e. The quantitative estimate of drug-likeness (QED) is 0.236. The van der Waals surface area contributed by atoms with E-state index < -0.39 is 93.0 Å². The second-order valence-electron chi connectivity index (χ2n) is 11.5. The first-order valence-corrected chi connectivity index (χ1v) is 13.2. The second kappa shape index (κ2) is 11.6.